The van der Waals surface area contributed by atoms with Gasteiger partial charge in [0.15, 0.2) is 0 Å². The highest BCUT2D eigenvalue weighted by Gasteiger charge is 2.52. The number of nitrogens with zero attached hydrogens (tertiary/aromatic N) is 1. The number of hydrogen-bond donors (Lipinski definition) is 2. The topological polar surface area (TPSA) is 57.8 Å². The second-order valence-corrected chi connectivity index (χ2v) is 4.82. The standard InChI is InChI=1S/C14H14FN3O/c15-12-4-2-1-3-11(12)14(5-6-14)13(19)17-8-10-7-16-9-18-10/h1-4,7,9H,5-6,8H2,(H,16,18)(H,17,19). The summed E-state index contributed by atoms with van der Waals surface area (Å²) in [5, 5.41) is 2.84. The first-order chi connectivity index (χ1) is 9.22. The van der Waals surface area contributed by atoms with E-state index in [0.717, 1.165) is 5.69 Å². The van der Waals surface area contributed by atoms with E-state index in [4.69, 9.17) is 0 Å². The van der Waals surface area contributed by atoms with Crippen molar-refractivity contribution in [3.8, 4) is 0 Å². The molecule has 4 nitrogen and oxygen atoms in total. The van der Waals surface area contributed by atoms with Gasteiger partial charge in [-0.3, -0.25) is 4.79 Å². The van der Waals surface area contributed by atoms with Gasteiger partial charge in [-0.15, -0.1) is 0 Å². The van der Waals surface area contributed by atoms with Crippen molar-refractivity contribution in [1.29, 1.82) is 0 Å². The molecular formula is C14H14FN3O. The highest BCUT2D eigenvalue weighted by Crippen LogP contribution is 2.49. The first-order valence-corrected chi connectivity index (χ1v) is 6.23. The van der Waals surface area contributed by atoms with Gasteiger partial charge in [-0.05, 0) is 18.9 Å². The summed E-state index contributed by atoms with van der Waals surface area (Å²) in [4.78, 5) is 19.1. The van der Waals surface area contributed by atoms with Crippen molar-refractivity contribution in [1.82, 2.24) is 15.3 Å². The summed E-state index contributed by atoms with van der Waals surface area (Å²) in [6.07, 6.45) is 4.61. The number of amides is 1. The van der Waals surface area contributed by atoms with Crippen molar-refractivity contribution in [3.63, 3.8) is 0 Å². The molecule has 1 amide bonds. The van der Waals surface area contributed by atoms with E-state index in [1.807, 2.05) is 0 Å². The molecule has 2 N–H and O–H groups in total. The molecule has 1 aromatic heterocycles. The maximum Gasteiger partial charge on any atom is 0.231 e. The Bertz CT molecular complexity index is 590. The minimum atomic E-state index is -0.675. The first kappa shape index (κ1) is 11.9. The molecule has 1 saturated carbocycles. The van der Waals surface area contributed by atoms with Crippen LogP contribution in [0.2, 0.25) is 0 Å². The lowest BCUT2D eigenvalue weighted by Gasteiger charge is -2.16. The molecule has 0 radical (unpaired) electrons. The second kappa shape index (κ2) is 4.50. The lowest BCUT2D eigenvalue weighted by Crippen LogP contribution is -2.34. The van der Waals surface area contributed by atoms with Gasteiger partial charge in [-0.2, -0.15) is 0 Å². The summed E-state index contributed by atoms with van der Waals surface area (Å²) in [6, 6.07) is 6.49. The number of halogens is 1. The van der Waals surface area contributed by atoms with E-state index < -0.39 is 5.41 Å². The number of nitrogens with one attached hydrogen (secondary N) is 2. The monoisotopic (exact) mass is 259 g/mol. The van der Waals surface area contributed by atoms with Crippen LogP contribution in [0.3, 0.4) is 0 Å². The molecule has 1 aliphatic rings. The first-order valence-electron chi connectivity index (χ1n) is 6.23. The van der Waals surface area contributed by atoms with E-state index in [0.29, 0.717) is 24.9 Å². The molecule has 98 valence electrons. The number of carbonyl (C=O) groups is 1. The number of rotatable bonds is 4. The zero-order valence-corrected chi connectivity index (χ0v) is 10.3. The van der Waals surface area contributed by atoms with Gasteiger partial charge in [-0.1, -0.05) is 18.2 Å². The van der Waals surface area contributed by atoms with Crippen molar-refractivity contribution in [2.75, 3.05) is 0 Å². The van der Waals surface area contributed by atoms with Gasteiger partial charge >= 0.3 is 0 Å². The molecule has 0 unspecified atom stereocenters. The van der Waals surface area contributed by atoms with E-state index in [9.17, 15) is 9.18 Å². The summed E-state index contributed by atoms with van der Waals surface area (Å²) in [7, 11) is 0. The number of H-pyrrole nitrogens is 1. The highest BCUT2D eigenvalue weighted by molar-refractivity contribution is 5.91. The lowest BCUT2D eigenvalue weighted by atomic mass is 9.94. The van der Waals surface area contributed by atoms with Crippen LogP contribution >= 0.6 is 0 Å². The van der Waals surface area contributed by atoms with Crippen LogP contribution in [0.25, 0.3) is 0 Å². The number of hydrogen-bond acceptors (Lipinski definition) is 2. The quantitative estimate of drug-likeness (QED) is 0.881. The minimum absolute atomic E-state index is 0.118. The van der Waals surface area contributed by atoms with Crippen LogP contribution in [0.4, 0.5) is 4.39 Å². The van der Waals surface area contributed by atoms with Gasteiger partial charge in [0.2, 0.25) is 5.91 Å². The van der Waals surface area contributed by atoms with Crippen molar-refractivity contribution in [3.05, 3.63) is 53.9 Å². The molecular weight excluding hydrogens is 245 g/mol. The van der Waals surface area contributed by atoms with Crippen LogP contribution in [0.15, 0.2) is 36.8 Å². The van der Waals surface area contributed by atoms with Crippen LogP contribution in [0.5, 0.6) is 0 Å². The van der Waals surface area contributed by atoms with E-state index in [2.05, 4.69) is 15.3 Å². The SMILES string of the molecule is O=C(NCc1cnc[nH]1)C1(c2ccccc2F)CC1. The molecule has 3 rings (SSSR count). The predicted molar refractivity (Wildman–Crippen MR) is 67.7 cm³/mol. The lowest BCUT2D eigenvalue weighted by molar-refractivity contribution is -0.123. The van der Waals surface area contributed by atoms with Crippen molar-refractivity contribution >= 4 is 5.91 Å². The summed E-state index contributed by atoms with van der Waals surface area (Å²) in [6.45, 7) is 0.384. The zero-order valence-electron chi connectivity index (χ0n) is 10.3. The highest BCUT2D eigenvalue weighted by atomic mass is 19.1. The van der Waals surface area contributed by atoms with Crippen LogP contribution < -0.4 is 5.32 Å². The van der Waals surface area contributed by atoms with Gasteiger partial charge in [0, 0.05) is 11.8 Å². The molecule has 5 heteroatoms. The molecule has 0 saturated heterocycles. The number of benzene rings is 1. The Labute approximate surface area is 110 Å². The molecule has 0 spiro atoms. The van der Waals surface area contributed by atoms with E-state index >= 15 is 0 Å². The molecule has 2 aromatic rings. The Morgan fingerprint density at radius 3 is 2.84 bits per heavy atom. The Kier molecular flexibility index (Phi) is 2.81. The molecule has 0 bridgehead atoms. The molecule has 0 aliphatic heterocycles. The van der Waals surface area contributed by atoms with Crippen LogP contribution in [0, 0.1) is 5.82 Å². The molecule has 19 heavy (non-hydrogen) atoms. The summed E-state index contributed by atoms with van der Waals surface area (Å²) >= 11 is 0. The number of imidazole rings is 1. The number of aromatic amines is 1. The average molecular weight is 259 g/mol. The Hall–Kier alpha value is -2.17. The van der Waals surface area contributed by atoms with E-state index in [1.165, 1.54) is 6.07 Å². The third-order valence-electron chi connectivity index (χ3n) is 3.57. The Morgan fingerprint density at radius 1 is 1.42 bits per heavy atom. The smallest absolute Gasteiger partial charge is 0.231 e. The maximum atomic E-state index is 13.8. The second-order valence-electron chi connectivity index (χ2n) is 4.82. The normalized spacial score (nSPS) is 16.1. The summed E-state index contributed by atoms with van der Waals surface area (Å²) in [5.41, 5.74) is 0.653. The predicted octanol–water partition coefficient (Wildman–Crippen LogP) is 1.90. The molecule has 0 atom stereocenters. The van der Waals surface area contributed by atoms with Crippen molar-refractivity contribution < 1.29 is 9.18 Å². The third-order valence-corrected chi connectivity index (χ3v) is 3.57. The van der Waals surface area contributed by atoms with Crippen LogP contribution in [-0.4, -0.2) is 15.9 Å². The van der Waals surface area contributed by atoms with Gasteiger partial charge in [0.1, 0.15) is 5.82 Å². The van der Waals surface area contributed by atoms with Gasteiger partial charge in [0.05, 0.1) is 24.0 Å². The maximum absolute atomic E-state index is 13.8. The van der Waals surface area contributed by atoms with E-state index in [1.54, 1.807) is 30.7 Å². The molecule has 1 aliphatic carbocycles. The molecule has 1 heterocycles. The number of aromatic nitrogens is 2. The minimum Gasteiger partial charge on any atom is -0.350 e. The summed E-state index contributed by atoms with van der Waals surface area (Å²) in [5.74, 6) is -0.427. The molecule has 1 aromatic carbocycles. The fourth-order valence-corrected chi connectivity index (χ4v) is 2.32. The van der Waals surface area contributed by atoms with E-state index in [-0.39, 0.29) is 11.7 Å². The van der Waals surface area contributed by atoms with Crippen molar-refractivity contribution in [2.45, 2.75) is 24.8 Å². The fraction of sp³-hybridized carbons (Fsp3) is 0.286. The Morgan fingerprint density at radius 2 is 2.21 bits per heavy atom. The number of carbonyl (C=O) groups excluding carboxylic acids is 1. The van der Waals surface area contributed by atoms with Crippen LogP contribution in [-0.2, 0) is 16.8 Å². The van der Waals surface area contributed by atoms with Gasteiger partial charge in [-0.25, -0.2) is 9.37 Å². The summed E-state index contributed by atoms with van der Waals surface area (Å²) < 4.78 is 13.8. The van der Waals surface area contributed by atoms with Gasteiger partial charge < -0.3 is 10.3 Å². The average Bonchev–Trinajstić information content (AvgIpc) is 3.06. The fourth-order valence-electron chi connectivity index (χ4n) is 2.32. The van der Waals surface area contributed by atoms with Crippen LogP contribution in [0.1, 0.15) is 24.1 Å². The molecule has 1 fully saturated rings. The third kappa shape index (κ3) is 2.12. The van der Waals surface area contributed by atoms with Crippen molar-refractivity contribution in [2.24, 2.45) is 0 Å². The Balaban J connectivity index is 1.74. The van der Waals surface area contributed by atoms with Gasteiger partial charge in [0.25, 0.3) is 0 Å². The largest absolute Gasteiger partial charge is 0.350 e. The zero-order chi connectivity index (χ0) is 13.3.